The van der Waals surface area contributed by atoms with Crippen LogP contribution in [0.5, 0.6) is 0 Å². The Labute approximate surface area is 144 Å². The van der Waals surface area contributed by atoms with Gasteiger partial charge < -0.3 is 10.4 Å². The molecule has 10 heteroatoms. The van der Waals surface area contributed by atoms with Gasteiger partial charge in [0, 0.05) is 24.1 Å². The molecule has 0 aliphatic heterocycles. The smallest absolute Gasteiger partial charge is 0.384 e. The van der Waals surface area contributed by atoms with E-state index in [1.54, 1.807) is 0 Å². The minimum Gasteiger partial charge on any atom is -0.384 e. The quantitative estimate of drug-likeness (QED) is 0.254. The van der Waals surface area contributed by atoms with Crippen LogP contribution in [0.25, 0.3) is 0 Å². The van der Waals surface area contributed by atoms with E-state index in [9.17, 15) is 31.4 Å². The molecule has 0 bridgehead atoms. The zero-order chi connectivity index (χ0) is 18.5. The van der Waals surface area contributed by atoms with Gasteiger partial charge in [0.2, 0.25) is 0 Å². The van der Waals surface area contributed by atoms with Gasteiger partial charge in [-0.2, -0.15) is 26.3 Å². The van der Waals surface area contributed by atoms with Crippen LogP contribution in [0.1, 0.15) is 12.8 Å². The second kappa shape index (κ2) is 8.57. The Morgan fingerprint density at radius 1 is 1.25 bits per heavy atom. The summed E-state index contributed by atoms with van der Waals surface area (Å²) in [4.78, 5) is 0. The maximum Gasteiger partial charge on any atom is 0.395 e. The minimum absolute atomic E-state index is 0.0355. The van der Waals surface area contributed by atoms with Crippen molar-refractivity contribution in [1.29, 1.82) is 0 Å². The molecule has 0 amide bonds. The molecule has 24 heavy (non-hydrogen) atoms. The van der Waals surface area contributed by atoms with Crippen LogP contribution in [0.3, 0.4) is 0 Å². The lowest BCUT2D eigenvalue weighted by Crippen LogP contribution is -2.37. The highest BCUT2D eigenvalue weighted by molar-refractivity contribution is 9.09. The summed E-state index contributed by atoms with van der Waals surface area (Å²) in [5, 5.41) is 14.9. The number of nitrogens with one attached hydrogen (secondary N) is 2. The SMILES string of the molecule is C=C(NCCNC(O)CBr)C1=CC(C(F)(F)F)CC(C(F)(F)F)C1. The number of hydrogen-bond donors (Lipinski definition) is 3. The largest absolute Gasteiger partial charge is 0.395 e. The predicted molar refractivity (Wildman–Crippen MR) is 81.4 cm³/mol. The standard InChI is InChI=1S/C14H19BrF6N2O/c1-8(22-2-3-23-12(24)7-15)9-4-10(13(16,17)18)6-11(5-9)14(19,20)21/h4,10-12,22-24H,1-3,5-7H2. The van der Waals surface area contributed by atoms with Gasteiger partial charge in [0.05, 0.1) is 11.8 Å². The van der Waals surface area contributed by atoms with Gasteiger partial charge in [0.25, 0.3) is 0 Å². The van der Waals surface area contributed by atoms with Crippen molar-refractivity contribution in [3.8, 4) is 0 Å². The van der Waals surface area contributed by atoms with E-state index in [-0.39, 0.29) is 24.4 Å². The molecular weight excluding hydrogens is 406 g/mol. The number of aliphatic hydroxyl groups is 1. The third-order valence-corrected chi connectivity index (χ3v) is 4.28. The lowest BCUT2D eigenvalue weighted by atomic mass is 9.80. The zero-order valence-corrected chi connectivity index (χ0v) is 14.2. The molecule has 0 radical (unpaired) electrons. The van der Waals surface area contributed by atoms with Gasteiger partial charge in [0.1, 0.15) is 6.23 Å². The van der Waals surface area contributed by atoms with E-state index < -0.39 is 43.3 Å². The predicted octanol–water partition coefficient (Wildman–Crippen LogP) is 3.47. The van der Waals surface area contributed by atoms with E-state index >= 15 is 0 Å². The second-order valence-corrected chi connectivity index (χ2v) is 6.20. The molecule has 0 spiro atoms. The van der Waals surface area contributed by atoms with Crippen LogP contribution in [0.15, 0.2) is 23.9 Å². The monoisotopic (exact) mass is 424 g/mol. The zero-order valence-electron chi connectivity index (χ0n) is 12.6. The molecule has 3 atom stereocenters. The number of halogens is 7. The average molecular weight is 425 g/mol. The fraction of sp³-hybridized carbons (Fsp3) is 0.714. The van der Waals surface area contributed by atoms with Crippen molar-refractivity contribution in [2.45, 2.75) is 31.4 Å². The highest BCUT2D eigenvalue weighted by Gasteiger charge is 2.49. The summed E-state index contributed by atoms with van der Waals surface area (Å²) in [5.41, 5.74) is -0.0414. The van der Waals surface area contributed by atoms with Gasteiger partial charge in [-0.05, 0) is 18.4 Å². The first-order chi connectivity index (χ1) is 10.9. The average Bonchev–Trinajstić information content (AvgIpc) is 2.48. The minimum atomic E-state index is -4.73. The molecule has 1 rings (SSSR count). The first-order valence-electron chi connectivity index (χ1n) is 7.19. The normalized spacial score (nSPS) is 23.6. The van der Waals surface area contributed by atoms with Crippen LogP contribution in [0.2, 0.25) is 0 Å². The third kappa shape index (κ3) is 6.64. The van der Waals surface area contributed by atoms with Crippen LogP contribution in [0, 0.1) is 11.8 Å². The molecular formula is C14H19BrF6N2O. The molecule has 3 unspecified atom stereocenters. The van der Waals surface area contributed by atoms with Crippen molar-refractivity contribution in [2.24, 2.45) is 11.8 Å². The molecule has 1 aliphatic rings. The van der Waals surface area contributed by atoms with Crippen molar-refractivity contribution >= 4 is 15.9 Å². The van der Waals surface area contributed by atoms with E-state index in [0.717, 1.165) is 6.08 Å². The summed E-state index contributed by atoms with van der Waals surface area (Å²) in [6, 6.07) is 0. The molecule has 0 saturated carbocycles. The summed E-state index contributed by atoms with van der Waals surface area (Å²) in [5.74, 6) is -4.18. The lowest BCUT2D eigenvalue weighted by molar-refractivity contribution is -0.205. The maximum absolute atomic E-state index is 12.9. The van der Waals surface area contributed by atoms with Crippen molar-refractivity contribution in [3.05, 3.63) is 23.9 Å². The van der Waals surface area contributed by atoms with Gasteiger partial charge in [-0.25, -0.2) is 0 Å². The molecule has 3 nitrogen and oxygen atoms in total. The Kier molecular flexibility index (Phi) is 7.61. The van der Waals surface area contributed by atoms with Crippen molar-refractivity contribution in [1.82, 2.24) is 10.6 Å². The molecule has 1 aliphatic carbocycles. The number of rotatable bonds is 7. The third-order valence-electron chi connectivity index (χ3n) is 3.67. The van der Waals surface area contributed by atoms with Crippen molar-refractivity contribution < 1.29 is 31.4 Å². The Hall–Kier alpha value is -0.740. The Morgan fingerprint density at radius 2 is 1.88 bits per heavy atom. The molecule has 3 N–H and O–H groups in total. The lowest BCUT2D eigenvalue weighted by Gasteiger charge is -2.32. The molecule has 0 heterocycles. The first-order valence-corrected chi connectivity index (χ1v) is 8.32. The summed E-state index contributed by atoms with van der Waals surface area (Å²) in [6.45, 7) is 4.00. The highest BCUT2D eigenvalue weighted by atomic mass is 79.9. The Bertz CT molecular complexity index is 463. The Morgan fingerprint density at radius 3 is 2.38 bits per heavy atom. The van der Waals surface area contributed by atoms with Crippen LogP contribution in [-0.2, 0) is 0 Å². The topological polar surface area (TPSA) is 44.3 Å². The number of hydrogen-bond acceptors (Lipinski definition) is 3. The van der Waals surface area contributed by atoms with E-state index in [2.05, 4.69) is 33.1 Å². The second-order valence-electron chi connectivity index (χ2n) is 5.55. The van der Waals surface area contributed by atoms with Gasteiger partial charge in [-0.15, -0.1) is 0 Å². The van der Waals surface area contributed by atoms with Crippen molar-refractivity contribution in [3.63, 3.8) is 0 Å². The summed E-state index contributed by atoms with van der Waals surface area (Å²) < 4.78 is 77.3. The molecule has 0 aromatic carbocycles. The highest BCUT2D eigenvalue weighted by Crippen LogP contribution is 2.45. The molecule has 0 aromatic rings. The Balaban J connectivity index is 2.72. The van der Waals surface area contributed by atoms with Gasteiger partial charge in [-0.3, -0.25) is 5.32 Å². The molecule has 140 valence electrons. The van der Waals surface area contributed by atoms with Crippen LogP contribution in [-0.4, -0.2) is 42.1 Å². The van der Waals surface area contributed by atoms with Crippen LogP contribution < -0.4 is 10.6 Å². The van der Waals surface area contributed by atoms with Crippen LogP contribution >= 0.6 is 15.9 Å². The first kappa shape index (κ1) is 21.3. The number of alkyl halides is 7. The van der Waals surface area contributed by atoms with Gasteiger partial charge in [0.15, 0.2) is 0 Å². The maximum atomic E-state index is 12.9. The van der Waals surface area contributed by atoms with Crippen molar-refractivity contribution in [2.75, 3.05) is 18.4 Å². The number of aliphatic hydroxyl groups excluding tert-OH is 1. The van der Waals surface area contributed by atoms with Gasteiger partial charge >= 0.3 is 12.4 Å². The number of allylic oxidation sites excluding steroid dienone is 2. The van der Waals surface area contributed by atoms with E-state index in [4.69, 9.17) is 0 Å². The van der Waals surface area contributed by atoms with E-state index in [1.807, 2.05) is 0 Å². The summed E-state index contributed by atoms with van der Waals surface area (Å²) in [6.07, 6.45) is -10.9. The fourth-order valence-electron chi connectivity index (χ4n) is 2.36. The van der Waals surface area contributed by atoms with E-state index in [0.29, 0.717) is 5.33 Å². The van der Waals surface area contributed by atoms with Crippen LogP contribution in [0.4, 0.5) is 26.3 Å². The van der Waals surface area contributed by atoms with E-state index in [1.165, 1.54) is 0 Å². The molecule has 0 fully saturated rings. The molecule has 0 saturated heterocycles. The summed E-state index contributed by atoms with van der Waals surface area (Å²) >= 11 is 3.04. The fourth-order valence-corrected chi connectivity index (χ4v) is 2.58. The summed E-state index contributed by atoms with van der Waals surface area (Å²) in [7, 11) is 0. The molecule has 0 aromatic heterocycles. The van der Waals surface area contributed by atoms with Gasteiger partial charge in [-0.1, -0.05) is 28.6 Å².